The summed E-state index contributed by atoms with van der Waals surface area (Å²) < 4.78 is 0. The van der Waals surface area contributed by atoms with Crippen LogP contribution < -0.4 is 15.3 Å². The molecule has 0 N–H and O–H groups in total. The smallest absolute Gasteiger partial charge is 0.652 e. The quantitative estimate of drug-likeness (QED) is 0.397. The third-order valence-corrected chi connectivity index (χ3v) is 0. The molecule has 0 bridgehead atoms. The number of aliphatic carboxylic acids is 1. The largest absolute Gasteiger partial charge is 2.00 e. The summed E-state index contributed by atoms with van der Waals surface area (Å²) >= 11 is 0. The van der Waals surface area contributed by atoms with E-state index in [-0.39, 0.29) is 34.1 Å². The molecule has 2 radical (unpaired) electrons. The van der Waals surface area contributed by atoms with Crippen molar-refractivity contribution in [1.29, 1.82) is 0 Å². The van der Waals surface area contributed by atoms with Gasteiger partial charge in [-0.15, -0.1) is 0 Å². The predicted molar refractivity (Wildman–Crippen MR) is 16.1 cm³/mol. The Bertz CT molecular complexity index is 72.9. The Morgan fingerprint density at radius 3 is 1.00 bits per heavy atom. The zero-order valence-corrected chi connectivity index (χ0v) is 7.16. The Balaban J connectivity index is -0.0000000300. The molecule has 5 nitrogen and oxygen atoms in total. The van der Waals surface area contributed by atoms with Gasteiger partial charge >= 0.3 is 34.1 Å². The molecule has 0 atom stereocenters. The SMILES string of the molecule is CC(=O)[O-].O=C([O-])[O-].[Mn+2].[Mn+2]. The van der Waals surface area contributed by atoms with Gasteiger partial charge in [0.05, 0.1) is 0 Å². The van der Waals surface area contributed by atoms with Crippen LogP contribution in [0, 0.1) is 0 Å². The van der Waals surface area contributed by atoms with Crippen LogP contribution in [0.15, 0.2) is 0 Å². The zero-order valence-electron chi connectivity index (χ0n) is 4.80. The molecule has 58 valence electrons. The van der Waals surface area contributed by atoms with Gasteiger partial charge in [0.25, 0.3) is 0 Å². The molecular weight excluding hydrogens is 226 g/mol. The topological polar surface area (TPSA) is 103 Å². The minimum Gasteiger partial charge on any atom is -0.652 e. The van der Waals surface area contributed by atoms with Crippen molar-refractivity contribution >= 4 is 12.1 Å². The molecule has 0 aliphatic rings. The van der Waals surface area contributed by atoms with E-state index in [1.54, 1.807) is 0 Å². The maximum absolute atomic E-state index is 8.89. The molecule has 0 aromatic carbocycles. The fourth-order valence-corrected chi connectivity index (χ4v) is 0. The number of carboxylic acids is 1. The number of hydrogen-bond donors (Lipinski definition) is 0. The molecule has 0 heterocycles. The first-order valence-corrected chi connectivity index (χ1v) is 1.52. The molecule has 0 unspecified atom stereocenters. The third-order valence-electron chi connectivity index (χ3n) is 0. The number of carboxylic acid groups (broad SMARTS) is 3. The van der Waals surface area contributed by atoms with Crippen molar-refractivity contribution in [2.75, 3.05) is 0 Å². The van der Waals surface area contributed by atoms with Crippen molar-refractivity contribution in [3.8, 4) is 0 Å². The molecule has 10 heavy (non-hydrogen) atoms. The Labute approximate surface area is 78.4 Å². The minimum absolute atomic E-state index is 0. The van der Waals surface area contributed by atoms with Crippen molar-refractivity contribution in [3.05, 3.63) is 0 Å². The van der Waals surface area contributed by atoms with Crippen LogP contribution in [0.1, 0.15) is 6.92 Å². The monoisotopic (exact) mass is 229 g/mol. The van der Waals surface area contributed by atoms with Gasteiger partial charge < -0.3 is 24.9 Å². The zero-order chi connectivity index (χ0) is 7.15. The fraction of sp³-hybridized carbons (Fsp3) is 0.333. The molecule has 0 aromatic heterocycles. The number of hydrogen-bond acceptors (Lipinski definition) is 5. The van der Waals surface area contributed by atoms with E-state index in [0.29, 0.717) is 0 Å². The summed E-state index contributed by atoms with van der Waals surface area (Å²) in [5, 5.41) is 25.6. The Kier molecular flexibility index (Phi) is 35.9. The molecule has 7 heteroatoms. The molecule has 0 aliphatic heterocycles. The van der Waals surface area contributed by atoms with Gasteiger partial charge in [-0.3, -0.25) is 0 Å². The molecule has 0 spiro atoms. The van der Waals surface area contributed by atoms with E-state index in [4.69, 9.17) is 24.9 Å². The van der Waals surface area contributed by atoms with Gasteiger partial charge in [0, 0.05) is 5.97 Å². The fourth-order valence-electron chi connectivity index (χ4n) is 0. The summed E-state index contributed by atoms with van der Waals surface area (Å²) in [5.74, 6) is -1.08. The van der Waals surface area contributed by atoms with E-state index in [0.717, 1.165) is 6.92 Å². The molecule has 0 aromatic rings. The summed E-state index contributed by atoms with van der Waals surface area (Å²) in [4.78, 5) is 17.2. The van der Waals surface area contributed by atoms with E-state index in [9.17, 15) is 0 Å². The van der Waals surface area contributed by atoms with Crippen molar-refractivity contribution in [2.45, 2.75) is 6.92 Å². The second kappa shape index (κ2) is 15.9. The predicted octanol–water partition coefficient (Wildman–Crippen LogP) is -3.70. The maximum Gasteiger partial charge on any atom is 2.00 e. The summed E-state index contributed by atoms with van der Waals surface area (Å²) in [5.41, 5.74) is 0. The number of carbonyl (C=O) groups is 2. The van der Waals surface area contributed by atoms with Gasteiger partial charge in [-0.25, -0.2) is 0 Å². The third kappa shape index (κ3) is 7320. The van der Waals surface area contributed by atoms with Crippen LogP contribution >= 0.6 is 0 Å². The standard InChI is InChI=1S/C2H4O2.CH2O3.2Mn/c1-2(3)4;2-1(3)4;;/h1H3,(H,3,4);(H2,2,3,4);;/q;;2*+2/p-3. The molecular formula is C3H3Mn2O5+. The Hall–Kier alpha value is -0.221. The molecule has 0 saturated heterocycles. The Morgan fingerprint density at radius 2 is 1.00 bits per heavy atom. The van der Waals surface area contributed by atoms with Crippen LogP contribution in [-0.4, -0.2) is 12.1 Å². The van der Waals surface area contributed by atoms with Crippen molar-refractivity contribution in [3.63, 3.8) is 0 Å². The molecule has 0 aliphatic carbocycles. The van der Waals surface area contributed by atoms with Crippen LogP contribution in [0.25, 0.3) is 0 Å². The summed E-state index contributed by atoms with van der Waals surface area (Å²) in [7, 11) is 0. The van der Waals surface area contributed by atoms with E-state index in [1.165, 1.54) is 0 Å². The average molecular weight is 229 g/mol. The van der Waals surface area contributed by atoms with Crippen molar-refractivity contribution < 1.29 is 59.0 Å². The van der Waals surface area contributed by atoms with Gasteiger partial charge in [-0.05, 0) is 13.1 Å². The van der Waals surface area contributed by atoms with Crippen LogP contribution in [-0.2, 0) is 38.9 Å². The Morgan fingerprint density at radius 1 is 1.00 bits per heavy atom. The number of carbonyl (C=O) groups excluding carboxylic acids is 2. The van der Waals surface area contributed by atoms with Crippen LogP contribution in [0.2, 0.25) is 0 Å². The summed E-state index contributed by atoms with van der Waals surface area (Å²) in [6.07, 6.45) is -2.33. The minimum atomic E-state index is -2.33. The van der Waals surface area contributed by atoms with E-state index >= 15 is 0 Å². The van der Waals surface area contributed by atoms with Gasteiger partial charge in [-0.1, -0.05) is 0 Å². The van der Waals surface area contributed by atoms with Gasteiger partial charge in [0.1, 0.15) is 0 Å². The first kappa shape index (κ1) is 22.6. The normalized spacial score (nSPS) is 4.90. The first-order valence-electron chi connectivity index (χ1n) is 1.52. The second-order valence-electron chi connectivity index (χ2n) is 0.742. The van der Waals surface area contributed by atoms with Gasteiger partial charge in [-0.2, -0.15) is 0 Å². The summed E-state index contributed by atoms with van der Waals surface area (Å²) in [6.45, 7) is 0.972. The van der Waals surface area contributed by atoms with Crippen LogP contribution in [0.5, 0.6) is 0 Å². The average Bonchev–Trinajstić information content (AvgIpc) is 1.25. The maximum atomic E-state index is 8.89. The first-order chi connectivity index (χ1) is 3.46. The van der Waals surface area contributed by atoms with Gasteiger partial charge in [0.2, 0.25) is 0 Å². The summed E-state index contributed by atoms with van der Waals surface area (Å²) in [6, 6.07) is 0. The van der Waals surface area contributed by atoms with E-state index in [1.807, 2.05) is 0 Å². The van der Waals surface area contributed by atoms with E-state index in [2.05, 4.69) is 0 Å². The molecule has 0 fully saturated rings. The van der Waals surface area contributed by atoms with Crippen LogP contribution in [0.3, 0.4) is 0 Å². The van der Waals surface area contributed by atoms with Crippen molar-refractivity contribution in [1.82, 2.24) is 0 Å². The molecule has 0 rings (SSSR count). The van der Waals surface area contributed by atoms with E-state index < -0.39 is 12.1 Å². The molecule has 0 amide bonds. The van der Waals surface area contributed by atoms with Gasteiger partial charge in [0.15, 0.2) is 0 Å². The second-order valence-corrected chi connectivity index (χ2v) is 0.742. The van der Waals surface area contributed by atoms with Crippen molar-refractivity contribution in [2.24, 2.45) is 0 Å². The number of rotatable bonds is 0. The molecule has 0 saturated carbocycles. The van der Waals surface area contributed by atoms with Crippen LogP contribution in [0.4, 0.5) is 4.79 Å².